The van der Waals surface area contributed by atoms with Crippen LogP contribution in [0.3, 0.4) is 0 Å². The molecule has 0 aliphatic carbocycles. The summed E-state index contributed by atoms with van der Waals surface area (Å²) in [5.74, 6) is -1.44. The number of rotatable bonds is 4. The van der Waals surface area contributed by atoms with Crippen LogP contribution in [0.15, 0.2) is 65.6 Å². The van der Waals surface area contributed by atoms with Gasteiger partial charge in [0.15, 0.2) is 5.69 Å². The average Bonchev–Trinajstić information content (AvgIpc) is 2.67. The molecule has 0 spiro atoms. The van der Waals surface area contributed by atoms with Gasteiger partial charge in [0, 0.05) is 5.56 Å². The van der Waals surface area contributed by atoms with Gasteiger partial charge in [-0.1, -0.05) is 30.3 Å². The number of nitrogens with one attached hydrogen (secondary N) is 2. The predicted octanol–water partition coefficient (Wildman–Crippen LogP) is 3.81. The summed E-state index contributed by atoms with van der Waals surface area (Å²) in [6.45, 7) is 0. The van der Waals surface area contributed by atoms with E-state index in [9.17, 15) is 30.8 Å². The maximum Gasteiger partial charge on any atom is 0.433 e. The fourth-order valence-electron chi connectivity index (χ4n) is 2.33. The van der Waals surface area contributed by atoms with Crippen molar-refractivity contribution in [1.29, 1.82) is 0 Å². The molecule has 156 valence electrons. The molecule has 0 unspecified atom stereocenters. The molecule has 3 aromatic rings. The van der Waals surface area contributed by atoms with Crippen molar-refractivity contribution in [3.05, 3.63) is 72.2 Å². The van der Waals surface area contributed by atoms with Crippen LogP contribution in [0, 0.1) is 5.82 Å². The van der Waals surface area contributed by atoms with Crippen LogP contribution in [0.1, 0.15) is 5.69 Å². The van der Waals surface area contributed by atoms with Gasteiger partial charge in [0.2, 0.25) is 5.95 Å². The average molecular weight is 440 g/mol. The lowest BCUT2D eigenvalue weighted by atomic mass is 10.1. The number of halogens is 4. The summed E-state index contributed by atoms with van der Waals surface area (Å²) in [6.07, 6.45) is -4.83. The third-order valence-electron chi connectivity index (χ3n) is 3.66. The second kappa shape index (κ2) is 8.06. The van der Waals surface area contributed by atoms with Gasteiger partial charge in [-0.3, -0.25) is 5.32 Å². The van der Waals surface area contributed by atoms with Crippen molar-refractivity contribution in [2.75, 3.05) is 5.32 Å². The molecular weight excluding hydrogens is 428 g/mol. The molecule has 0 radical (unpaired) electrons. The Bertz CT molecular complexity index is 1170. The van der Waals surface area contributed by atoms with Gasteiger partial charge < -0.3 is 0 Å². The Kier molecular flexibility index (Phi) is 5.69. The van der Waals surface area contributed by atoms with Crippen molar-refractivity contribution in [2.45, 2.75) is 11.1 Å². The molecule has 2 N–H and O–H groups in total. The lowest BCUT2D eigenvalue weighted by molar-refractivity contribution is -0.141. The molecular formula is C18H12F4N4O3S. The molecule has 0 bridgehead atoms. The normalized spacial score (nSPS) is 11.7. The van der Waals surface area contributed by atoms with E-state index in [0.717, 1.165) is 24.3 Å². The number of amides is 2. The number of alkyl halides is 3. The predicted molar refractivity (Wildman–Crippen MR) is 98.2 cm³/mol. The minimum Gasteiger partial charge on any atom is -0.275 e. The summed E-state index contributed by atoms with van der Waals surface area (Å²) >= 11 is 0. The Labute approximate surface area is 167 Å². The van der Waals surface area contributed by atoms with E-state index >= 15 is 0 Å². The van der Waals surface area contributed by atoms with E-state index in [4.69, 9.17) is 0 Å². The van der Waals surface area contributed by atoms with Crippen molar-refractivity contribution in [1.82, 2.24) is 14.7 Å². The number of carbonyl (C=O) groups excluding carboxylic acids is 1. The first kappa shape index (κ1) is 21.2. The summed E-state index contributed by atoms with van der Waals surface area (Å²) in [6, 6.07) is 10.7. The molecule has 12 heteroatoms. The van der Waals surface area contributed by atoms with Crippen LogP contribution in [0.25, 0.3) is 11.3 Å². The topological polar surface area (TPSA) is 101 Å². The maximum absolute atomic E-state index is 13.2. The van der Waals surface area contributed by atoms with Crippen molar-refractivity contribution in [3.8, 4) is 11.3 Å². The van der Waals surface area contributed by atoms with Gasteiger partial charge in [-0.05, 0) is 30.3 Å². The molecule has 0 fully saturated rings. The minimum absolute atomic E-state index is 0.130. The molecule has 1 heterocycles. The van der Waals surface area contributed by atoms with Gasteiger partial charge in [-0.25, -0.2) is 32.3 Å². The van der Waals surface area contributed by atoms with Crippen LogP contribution in [-0.4, -0.2) is 24.4 Å². The number of hydrogen-bond acceptors (Lipinski definition) is 5. The lowest BCUT2D eigenvalue weighted by Crippen LogP contribution is -2.35. The Morgan fingerprint density at radius 2 is 1.57 bits per heavy atom. The van der Waals surface area contributed by atoms with Crippen LogP contribution in [0.2, 0.25) is 0 Å². The second-order valence-corrected chi connectivity index (χ2v) is 7.52. The fourth-order valence-corrected chi connectivity index (χ4v) is 3.23. The third-order valence-corrected chi connectivity index (χ3v) is 5.01. The van der Waals surface area contributed by atoms with E-state index in [1.54, 1.807) is 22.9 Å². The van der Waals surface area contributed by atoms with Crippen molar-refractivity contribution >= 4 is 22.0 Å². The fraction of sp³-hybridized carbons (Fsp3) is 0.0556. The molecule has 0 saturated carbocycles. The second-order valence-electron chi connectivity index (χ2n) is 5.84. The number of aromatic nitrogens is 2. The summed E-state index contributed by atoms with van der Waals surface area (Å²) in [7, 11) is -4.40. The number of sulfonamides is 1. The lowest BCUT2D eigenvalue weighted by Gasteiger charge is -2.12. The van der Waals surface area contributed by atoms with Gasteiger partial charge in [0.1, 0.15) is 5.82 Å². The molecule has 7 nitrogen and oxygen atoms in total. The monoisotopic (exact) mass is 440 g/mol. The molecule has 0 atom stereocenters. The van der Waals surface area contributed by atoms with Crippen molar-refractivity contribution in [3.63, 3.8) is 0 Å². The highest BCUT2D eigenvalue weighted by Crippen LogP contribution is 2.31. The summed E-state index contributed by atoms with van der Waals surface area (Å²) in [5.41, 5.74) is -1.13. The van der Waals surface area contributed by atoms with Crippen LogP contribution >= 0.6 is 0 Å². The van der Waals surface area contributed by atoms with Gasteiger partial charge in [-0.15, -0.1) is 0 Å². The Hall–Kier alpha value is -3.54. The molecule has 0 saturated heterocycles. The summed E-state index contributed by atoms with van der Waals surface area (Å²) in [5, 5.41) is 1.88. The van der Waals surface area contributed by atoms with E-state index in [1.165, 1.54) is 12.1 Å². The van der Waals surface area contributed by atoms with Crippen molar-refractivity contribution < 1.29 is 30.8 Å². The standard InChI is InChI=1S/C18H12F4N4O3S/c19-12-6-8-13(9-7-12)30(28,29)26-17(27)25-16-23-14(11-4-2-1-3-5-11)10-15(24-16)18(20,21)22/h1-10H,(H2,23,24,25,26,27). The third kappa shape index (κ3) is 5.08. The molecule has 0 aliphatic rings. The Balaban J connectivity index is 1.88. The van der Waals surface area contributed by atoms with Gasteiger partial charge in [0.05, 0.1) is 10.6 Å². The SMILES string of the molecule is O=C(Nc1nc(-c2ccccc2)cc(C(F)(F)F)n1)NS(=O)(=O)c1ccc(F)cc1. The van der Waals surface area contributed by atoms with Crippen LogP contribution in [-0.2, 0) is 16.2 Å². The zero-order chi connectivity index (χ0) is 21.9. The smallest absolute Gasteiger partial charge is 0.275 e. The first-order valence-electron chi connectivity index (χ1n) is 8.16. The first-order valence-corrected chi connectivity index (χ1v) is 9.64. The largest absolute Gasteiger partial charge is 0.433 e. The zero-order valence-corrected chi connectivity index (χ0v) is 15.6. The molecule has 30 heavy (non-hydrogen) atoms. The van der Waals surface area contributed by atoms with Crippen LogP contribution in [0.5, 0.6) is 0 Å². The zero-order valence-electron chi connectivity index (χ0n) is 14.8. The number of benzene rings is 2. The van der Waals surface area contributed by atoms with Crippen molar-refractivity contribution in [2.24, 2.45) is 0 Å². The van der Waals surface area contributed by atoms with E-state index in [2.05, 4.69) is 9.97 Å². The molecule has 1 aromatic heterocycles. The maximum atomic E-state index is 13.2. The molecule has 2 amide bonds. The van der Waals surface area contributed by atoms with Gasteiger partial charge in [0.25, 0.3) is 10.0 Å². The number of urea groups is 1. The highest BCUT2D eigenvalue weighted by Gasteiger charge is 2.34. The van der Waals surface area contributed by atoms with E-state index in [1.807, 2.05) is 5.32 Å². The Morgan fingerprint density at radius 1 is 0.933 bits per heavy atom. The summed E-state index contributed by atoms with van der Waals surface area (Å²) in [4.78, 5) is 18.7. The van der Waals surface area contributed by atoms with E-state index in [0.29, 0.717) is 11.6 Å². The number of nitrogens with zero attached hydrogens (tertiary/aromatic N) is 2. The molecule has 2 aromatic carbocycles. The van der Waals surface area contributed by atoms with Gasteiger partial charge in [-0.2, -0.15) is 13.2 Å². The highest BCUT2D eigenvalue weighted by molar-refractivity contribution is 7.90. The minimum atomic E-state index is -4.83. The Morgan fingerprint density at radius 3 is 2.17 bits per heavy atom. The number of carbonyl (C=O) groups is 1. The molecule has 0 aliphatic heterocycles. The van der Waals surface area contributed by atoms with Gasteiger partial charge >= 0.3 is 12.2 Å². The molecule has 3 rings (SSSR count). The van der Waals surface area contributed by atoms with Crippen LogP contribution in [0.4, 0.5) is 28.3 Å². The van der Waals surface area contributed by atoms with E-state index < -0.39 is 44.6 Å². The number of anilines is 1. The van der Waals surface area contributed by atoms with E-state index in [-0.39, 0.29) is 5.69 Å². The summed E-state index contributed by atoms with van der Waals surface area (Å²) < 4.78 is 78.4. The first-order chi connectivity index (χ1) is 14.0. The van der Waals surface area contributed by atoms with Crippen LogP contribution < -0.4 is 10.0 Å². The quantitative estimate of drug-likeness (QED) is 0.601. The number of hydrogen-bond donors (Lipinski definition) is 2. The highest BCUT2D eigenvalue weighted by atomic mass is 32.2.